The molecule has 2 N–H and O–H groups in total. The van der Waals surface area contributed by atoms with E-state index >= 15 is 0 Å². The van der Waals surface area contributed by atoms with E-state index in [-0.39, 0.29) is 17.6 Å². The molecule has 0 radical (unpaired) electrons. The standard InChI is InChI=1S/C17H24N4O4S/c1-11(2)10-26(23,24)17(3,4)15(22)19-16-18-14(20-21-16)12-6-8-13(25-5)9-7-12/h6-9,11H,10H2,1-5H3,(H2,18,19,20,21,22). The number of ether oxygens (including phenoxy) is 1. The number of nitrogens with one attached hydrogen (secondary N) is 2. The van der Waals surface area contributed by atoms with Gasteiger partial charge in [-0.1, -0.05) is 13.8 Å². The third kappa shape index (κ3) is 4.21. The summed E-state index contributed by atoms with van der Waals surface area (Å²) in [5, 5.41) is 10.3. The van der Waals surface area contributed by atoms with Gasteiger partial charge in [0.15, 0.2) is 15.7 Å². The van der Waals surface area contributed by atoms with Crippen LogP contribution < -0.4 is 10.1 Å². The largest absolute Gasteiger partial charge is 0.497 e. The van der Waals surface area contributed by atoms with Gasteiger partial charge in [0.1, 0.15) is 10.5 Å². The van der Waals surface area contributed by atoms with Crippen LogP contribution >= 0.6 is 0 Å². The number of sulfone groups is 1. The fourth-order valence-electron chi connectivity index (χ4n) is 2.24. The summed E-state index contributed by atoms with van der Waals surface area (Å²) in [5.74, 6) is 0.453. The molecule has 2 rings (SSSR count). The Morgan fingerprint density at radius 1 is 1.23 bits per heavy atom. The number of hydrogen-bond donors (Lipinski definition) is 2. The van der Waals surface area contributed by atoms with Crippen molar-refractivity contribution < 1.29 is 17.9 Å². The highest BCUT2D eigenvalue weighted by atomic mass is 32.2. The van der Waals surface area contributed by atoms with Gasteiger partial charge in [-0.15, -0.1) is 10.2 Å². The maximum atomic E-state index is 12.5. The van der Waals surface area contributed by atoms with Crippen LogP contribution in [0, 0.1) is 5.92 Å². The van der Waals surface area contributed by atoms with E-state index in [1.807, 2.05) is 0 Å². The van der Waals surface area contributed by atoms with Crippen LogP contribution in [0.3, 0.4) is 0 Å². The lowest BCUT2D eigenvalue weighted by Crippen LogP contribution is -2.46. The van der Waals surface area contributed by atoms with Crippen LogP contribution in [0.15, 0.2) is 24.3 Å². The molecule has 0 saturated heterocycles. The Morgan fingerprint density at radius 3 is 2.38 bits per heavy atom. The number of hydrogen-bond acceptors (Lipinski definition) is 6. The molecule has 9 heteroatoms. The Hall–Kier alpha value is -2.42. The average molecular weight is 380 g/mol. The van der Waals surface area contributed by atoms with Gasteiger partial charge in [0.25, 0.3) is 0 Å². The van der Waals surface area contributed by atoms with Gasteiger partial charge in [-0.3, -0.25) is 10.1 Å². The summed E-state index contributed by atoms with van der Waals surface area (Å²) in [6.45, 7) is 6.37. The van der Waals surface area contributed by atoms with Gasteiger partial charge in [-0.25, -0.2) is 8.42 Å². The SMILES string of the molecule is COc1ccc(-c2nnc(NC(=O)C(C)(C)S(=O)(=O)CC(C)C)[nH]2)cc1. The van der Waals surface area contributed by atoms with Crippen LogP contribution in [0.25, 0.3) is 11.4 Å². The Bertz CT molecular complexity index is 870. The van der Waals surface area contributed by atoms with E-state index in [2.05, 4.69) is 20.5 Å². The zero-order valence-corrected chi connectivity index (χ0v) is 16.3. The Morgan fingerprint density at radius 2 is 1.85 bits per heavy atom. The summed E-state index contributed by atoms with van der Waals surface area (Å²) in [6.07, 6.45) is 0. The second-order valence-corrected chi connectivity index (χ2v) is 9.47. The Labute approximate surface area is 153 Å². The van der Waals surface area contributed by atoms with Crippen molar-refractivity contribution in [3.05, 3.63) is 24.3 Å². The summed E-state index contributed by atoms with van der Waals surface area (Å²) in [4.78, 5) is 15.4. The lowest BCUT2D eigenvalue weighted by Gasteiger charge is -2.24. The molecular weight excluding hydrogens is 356 g/mol. The number of carbonyl (C=O) groups is 1. The molecule has 1 heterocycles. The fraction of sp³-hybridized carbons (Fsp3) is 0.471. The second-order valence-electron chi connectivity index (χ2n) is 6.89. The molecule has 0 atom stereocenters. The summed E-state index contributed by atoms with van der Waals surface area (Å²) >= 11 is 0. The van der Waals surface area contributed by atoms with Crippen molar-refractivity contribution in [2.24, 2.45) is 5.92 Å². The molecule has 0 aliphatic rings. The van der Waals surface area contributed by atoms with Gasteiger partial charge in [0, 0.05) is 5.56 Å². The molecule has 0 saturated carbocycles. The van der Waals surface area contributed by atoms with Crippen molar-refractivity contribution in [1.82, 2.24) is 15.2 Å². The molecule has 2 aromatic rings. The second kappa shape index (κ2) is 7.45. The number of methoxy groups -OCH3 is 1. The van der Waals surface area contributed by atoms with Gasteiger partial charge in [-0.05, 0) is 44.0 Å². The maximum Gasteiger partial charge on any atom is 0.247 e. The van der Waals surface area contributed by atoms with Crippen molar-refractivity contribution in [2.45, 2.75) is 32.4 Å². The minimum Gasteiger partial charge on any atom is -0.497 e. The molecule has 0 aliphatic heterocycles. The first-order chi connectivity index (χ1) is 12.1. The predicted molar refractivity (Wildman–Crippen MR) is 99.7 cm³/mol. The number of amides is 1. The van der Waals surface area contributed by atoms with Crippen molar-refractivity contribution in [2.75, 3.05) is 18.2 Å². The summed E-state index contributed by atoms with van der Waals surface area (Å²) < 4.78 is 28.4. The quantitative estimate of drug-likeness (QED) is 0.761. The molecule has 142 valence electrons. The number of H-pyrrole nitrogens is 1. The van der Waals surface area contributed by atoms with Crippen LogP contribution in [-0.2, 0) is 14.6 Å². The van der Waals surface area contributed by atoms with Gasteiger partial charge < -0.3 is 9.72 Å². The molecule has 1 amide bonds. The Kier molecular flexibility index (Phi) is 5.70. The number of nitrogens with zero attached hydrogens (tertiary/aromatic N) is 2. The van der Waals surface area contributed by atoms with E-state index < -0.39 is 20.5 Å². The molecular formula is C17H24N4O4S. The van der Waals surface area contributed by atoms with E-state index in [0.29, 0.717) is 11.6 Å². The van der Waals surface area contributed by atoms with E-state index in [9.17, 15) is 13.2 Å². The predicted octanol–water partition coefficient (Wildman–Crippen LogP) is 2.27. The van der Waals surface area contributed by atoms with Crippen LogP contribution in [0.5, 0.6) is 5.75 Å². The van der Waals surface area contributed by atoms with Gasteiger partial charge in [0.2, 0.25) is 11.9 Å². The third-order valence-electron chi connectivity index (χ3n) is 3.96. The molecule has 0 unspecified atom stereocenters. The zero-order valence-electron chi connectivity index (χ0n) is 15.5. The number of aromatic amines is 1. The molecule has 1 aromatic carbocycles. The smallest absolute Gasteiger partial charge is 0.247 e. The lowest BCUT2D eigenvalue weighted by molar-refractivity contribution is -0.117. The first kappa shape index (κ1) is 19.9. The van der Waals surface area contributed by atoms with Crippen molar-refractivity contribution in [3.63, 3.8) is 0 Å². The Balaban J connectivity index is 2.16. The molecule has 26 heavy (non-hydrogen) atoms. The minimum absolute atomic E-state index is 0.0685. The summed E-state index contributed by atoms with van der Waals surface area (Å²) in [7, 11) is -2.04. The van der Waals surface area contributed by atoms with E-state index in [1.165, 1.54) is 13.8 Å². The van der Waals surface area contributed by atoms with Crippen LogP contribution in [0.2, 0.25) is 0 Å². The highest BCUT2D eigenvalue weighted by molar-refractivity contribution is 7.93. The minimum atomic E-state index is -3.62. The zero-order chi connectivity index (χ0) is 19.5. The van der Waals surface area contributed by atoms with Crippen LogP contribution in [0.4, 0.5) is 5.95 Å². The van der Waals surface area contributed by atoms with Crippen molar-refractivity contribution in [3.8, 4) is 17.1 Å². The van der Waals surface area contributed by atoms with Gasteiger partial charge in [-0.2, -0.15) is 0 Å². The first-order valence-corrected chi connectivity index (χ1v) is 9.83. The third-order valence-corrected chi connectivity index (χ3v) is 6.81. The molecule has 8 nitrogen and oxygen atoms in total. The first-order valence-electron chi connectivity index (χ1n) is 8.17. The molecule has 0 bridgehead atoms. The maximum absolute atomic E-state index is 12.5. The number of carbonyl (C=O) groups excluding carboxylic acids is 1. The monoisotopic (exact) mass is 380 g/mol. The number of anilines is 1. The van der Waals surface area contributed by atoms with E-state index in [0.717, 1.165) is 5.56 Å². The summed E-state index contributed by atoms with van der Waals surface area (Å²) in [6, 6.07) is 7.14. The molecule has 0 aliphatic carbocycles. The lowest BCUT2D eigenvalue weighted by atomic mass is 10.2. The fourth-order valence-corrected chi connectivity index (χ4v) is 3.87. The number of benzene rings is 1. The van der Waals surface area contributed by atoms with Crippen molar-refractivity contribution >= 4 is 21.7 Å². The van der Waals surface area contributed by atoms with Gasteiger partial charge in [0.05, 0.1) is 12.9 Å². The highest BCUT2D eigenvalue weighted by Gasteiger charge is 2.42. The van der Waals surface area contributed by atoms with Gasteiger partial charge >= 0.3 is 0 Å². The molecule has 0 fully saturated rings. The van der Waals surface area contributed by atoms with Crippen LogP contribution in [-0.4, -0.2) is 47.1 Å². The highest BCUT2D eigenvalue weighted by Crippen LogP contribution is 2.23. The topological polar surface area (TPSA) is 114 Å². The van der Waals surface area contributed by atoms with Crippen molar-refractivity contribution in [1.29, 1.82) is 0 Å². The average Bonchev–Trinajstić information content (AvgIpc) is 3.02. The molecule has 1 aromatic heterocycles. The number of rotatable bonds is 7. The van der Waals surface area contributed by atoms with E-state index in [1.54, 1.807) is 45.2 Å². The van der Waals surface area contributed by atoms with E-state index in [4.69, 9.17) is 4.74 Å². The van der Waals surface area contributed by atoms with Crippen LogP contribution in [0.1, 0.15) is 27.7 Å². The number of aromatic nitrogens is 3. The normalized spacial score (nSPS) is 12.2. The molecule has 0 spiro atoms. The summed E-state index contributed by atoms with van der Waals surface area (Å²) in [5.41, 5.74) is 0.755.